The van der Waals surface area contributed by atoms with Gasteiger partial charge < -0.3 is 4.74 Å². The first-order chi connectivity index (χ1) is 10.5. The van der Waals surface area contributed by atoms with E-state index in [1.165, 1.54) is 0 Å². The van der Waals surface area contributed by atoms with Crippen molar-refractivity contribution in [2.75, 3.05) is 7.11 Å². The largest absolute Gasteiger partial charge is 0.497 e. The maximum atomic E-state index is 11.9. The van der Waals surface area contributed by atoms with Gasteiger partial charge in [0.25, 0.3) is 0 Å². The Morgan fingerprint density at radius 3 is 2.09 bits per heavy atom. The molecule has 120 valence electrons. The Kier molecular flexibility index (Phi) is 6.54. The van der Waals surface area contributed by atoms with Gasteiger partial charge in [-0.15, -0.1) is 0 Å². The molecular formula is C19H26O3. The third-order valence-electron chi connectivity index (χ3n) is 4.17. The van der Waals surface area contributed by atoms with Gasteiger partial charge in [0.2, 0.25) is 0 Å². The number of methoxy groups -OCH3 is 1. The minimum Gasteiger partial charge on any atom is -0.497 e. The number of benzene rings is 1. The number of ether oxygens (including phenoxy) is 1. The summed E-state index contributed by atoms with van der Waals surface area (Å²) in [6, 6.07) is 7.76. The molecule has 22 heavy (non-hydrogen) atoms. The van der Waals surface area contributed by atoms with Crippen molar-refractivity contribution >= 4 is 17.1 Å². The minimum atomic E-state index is -0.812. The Morgan fingerprint density at radius 1 is 1.14 bits per heavy atom. The van der Waals surface area contributed by atoms with Crippen LogP contribution in [-0.2, 0) is 9.59 Å². The molecule has 0 aromatic heterocycles. The summed E-state index contributed by atoms with van der Waals surface area (Å²) in [5, 5.41) is 0. The molecule has 0 atom stereocenters. The molecule has 0 N–H and O–H groups in total. The number of hydrogen-bond donors (Lipinski definition) is 0. The van der Waals surface area contributed by atoms with Crippen LogP contribution in [0, 0.1) is 5.41 Å². The molecule has 1 saturated carbocycles. The summed E-state index contributed by atoms with van der Waals surface area (Å²) in [5.41, 5.74) is 1.34. The Labute approximate surface area is 133 Å². The fraction of sp³-hybridized carbons (Fsp3) is 0.474. The van der Waals surface area contributed by atoms with Crippen LogP contribution in [0.25, 0.3) is 5.57 Å². The quantitative estimate of drug-likeness (QED) is 0.772. The van der Waals surface area contributed by atoms with Gasteiger partial charge in [-0.05, 0) is 43.5 Å². The molecule has 1 aromatic carbocycles. The summed E-state index contributed by atoms with van der Waals surface area (Å²) in [6.45, 7) is 7.76. The molecule has 1 aromatic rings. The van der Waals surface area contributed by atoms with Crippen LogP contribution in [0.5, 0.6) is 5.75 Å². The predicted molar refractivity (Wildman–Crippen MR) is 90.0 cm³/mol. The summed E-state index contributed by atoms with van der Waals surface area (Å²) in [4.78, 5) is 23.7. The molecule has 1 aliphatic carbocycles. The minimum absolute atomic E-state index is 0.0706. The van der Waals surface area contributed by atoms with E-state index in [4.69, 9.17) is 4.74 Å². The zero-order valence-corrected chi connectivity index (χ0v) is 14.2. The van der Waals surface area contributed by atoms with E-state index in [-0.39, 0.29) is 11.6 Å². The van der Waals surface area contributed by atoms with Gasteiger partial charge in [-0.25, -0.2) is 0 Å². The average Bonchev–Trinajstić information content (AvgIpc) is 2.82. The lowest BCUT2D eigenvalue weighted by Crippen LogP contribution is -2.28. The average molecular weight is 302 g/mol. The first kappa shape index (κ1) is 18.1. The van der Waals surface area contributed by atoms with Gasteiger partial charge >= 0.3 is 0 Å². The fourth-order valence-corrected chi connectivity index (χ4v) is 2.49. The topological polar surface area (TPSA) is 43.4 Å². The second-order valence-electron chi connectivity index (χ2n) is 5.50. The maximum absolute atomic E-state index is 11.9. The van der Waals surface area contributed by atoms with Crippen molar-refractivity contribution in [2.45, 2.75) is 47.0 Å². The summed E-state index contributed by atoms with van der Waals surface area (Å²) in [7, 11) is 1.63. The van der Waals surface area contributed by atoms with Crippen LogP contribution in [0.4, 0.5) is 0 Å². The second-order valence-corrected chi connectivity index (χ2v) is 5.50. The van der Waals surface area contributed by atoms with Crippen molar-refractivity contribution < 1.29 is 14.3 Å². The fourth-order valence-electron chi connectivity index (χ4n) is 2.49. The molecule has 0 spiro atoms. The number of rotatable bonds is 4. The highest BCUT2D eigenvalue weighted by Crippen LogP contribution is 2.35. The summed E-state index contributed by atoms with van der Waals surface area (Å²) >= 11 is 0. The molecule has 0 unspecified atom stereocenters. The van der Waals surface area contributed by atoms with Gasteiger partial charge in [0.15, 0.2) is 0 Å². The summed E-state index contributed by atoms with van der Waals surface area (Å²) < 4.78 is 5.13. The van der Waals surface area contributed by atoms with Gasteiger partial charge in [0, 0.05) is 12.8 Å². The van der Waals surface area contributed by atoms with Crippen LogP contribution in [0.1, 0.15) is 52.5 Å². The van der Waals surface area contributed by atoms with Gasteiger partial charge in [0.1, 0.15) is 17.3 Å². The lowest BCUT2D eigenvalue weighted by atomic mass is 9.82. The molecular weight excluding hydrogens is 276 g/mol. The molecule has 3 heteroatoms. The predicted octanol–water partition coefficient (Wildman–Crippen LogP) is 4.45. The third-order valence-corrected chi connectivity index (χ3v) is 4.17. The Morgan fingerprint density at radius 2 is 1.64 bits per heavy atom. The van der Waals surface area contributed by atoms with Crippen LogP contribution < -0.4 is 4.74 Å². The van der Waals surface area contributed by atoms with E-state index in [1.54, 1.807) is 14.0 Å². The number of hydrogen-bond acceptors (Lipinski definition) is 3. The molecule has 0 aliphatic heterocycles. The molecule has 0 amide bonds. The Bertz CT molecular complexity index is 537. The van der Waals surface area contributed by atoms with E-state index in [0.717, 1.165) is 16.9 Å². The van der Waals surface area contributed by atoms with Crippen molar-refractivity contribution in [1.29, 1.82) is 0 Å². The van der Waals surface area contributed by atoms with E-state index in [9.17, 15) is 9.59 Å². The number of Topliss-reactive ketones (excluding diaryl/α,β-unsaturated/α-hetero) is 2. The monoisotopic (exact) mass is 302 g/mol. The van der Waals surface area contributed by atoms with Gasteiger partial charge in [-0.1, -0.05) is 32.1 Å². The first-order valence-corrected chi connectivity index (χ1v) is 7.85. The smallest absolute Gasteiger partial charge is 0.146 e. The molecule has 1 fully saturated rings. The Balaban J connectivity index is 0.00000116. The van der Waals surface area contributed by atoms with E-state index in [1.807, 2.05) is 51.1 Å². The van der Waals surface area contributed by atoms with Crippen molar-refractivity contribution in [3.8, 4) is 5.75 Å². The molecule has 3 nitrogen and oxygen atoms in total. The maximum Gasteiger partial charge on any atom is 0.146 e. The van der Waals surface area contributed by atoms with E-state index in [0.29, 0.717) is 19.3 Å². The Hall–Kier alpha value is -1.90. The number of ketones is 2. The van der Waals surface area contributed by atoms with Crippen LogP contribution >= 0.6 is 0 Å². The van der Waals surface area contributed by atoms with Crippen LogP contribution in [-0.4, -0.2) is 18.7 Å². The highest BCUT2D eigenvalue weighted by molar-refractivity contribution is 6.12. The van der Waals surface area contributed by atoms with Crippen LogP contribution in [0.3, 0.4) is 0 Å². The van der Waals surface area contributed by atoms with E-state index >= 15 is 0 Å². The zero-order chi connectivity index (χ0) is 16.8. The van der Waals surface area contributed by atoms with Crippen molar-refractivity contribution in [3.05, 3.63) is 35.9 Å². The third kappa shape index (κ3) is 3.85. The van der Waals surface area contributed by atoms with Crippen LogP contribution in [0.2, 0.25) is 0 Å². The van der Waals surface area contributed by atoms with E-state index in [2.05, 4.69) is 0 Å². The van der Waals surface area contributed by atoms with Crippen molar-refractivity contribution in [1.82, 2.24) is 0 Å². The SMILES string of the molecule is CC.COc1ccc(/C(C)=C/CC2(C)C(=O)CCC2=O)cc1. The first-order valence-electron chi connectivity index (χ1n) is 7.85. The van der Waals surface area contributed by atoms with Crippen LogP contribution in [0.15, 0.2) is 30.3 Å². The number of carbonyl (C=O) groups is 2. The lowest BCUT2D eigenvalue weighted by Gasteiger charge is -2.18. The second kappa shape index (κ2) is 7.92. The highest BCUT2D eigenvalue weighted by atomic mass is 16.5. The molecule has 0 heterocycles. The molecule has 0 saturated heterocycles. The molecule has 2 rings (SSSR count). The zero-order valence-electron chi connectivity index (χ0n) is 14.2. The molecule has 0 radical (unpaired) electrons. The summed E-state index contributed by atoms with van der Waals surface area (Å²) in [5.74, 6) is 0.956. The molecule has 0 bridgehead atoms. The van der Waals surface area contributed by atoms with Gasteiger partial charge in [0.05, 0.1) is 12.5 Å². The highest BCUT2D eigenvalue weighted by Gasteiger charge is 2.44. The lowest BCUT2D eigenvalue weighted by molar-refractivity contribution is -0.133. The van der Waals surface area contributed by atoms with E-state index < -0.39 is 5.41 Å². The summed E-state index contributed by atoms with van der Waals surface area (Å²) in [6.07, 6.45) is 3.26. The standard InChI is InChI=1S/C17H20O3.C2H6/c1-12(13-4-6-14(20-3)7-5-13)10-11-17(2)15(18)8-9-16(17)19;1-2/h4-7,10H,8-9,11H2,1-3H3;1-2H3/b12-10+;. The number of carbonyl (C=O) groups excluding carboxylic acids is 2. The van der Waals surface area contributed by atoms with Gasteiger partial charge in [-0.2, -0.15) is 0 Å². The van der Waals surface area contributed by atoms with Crippen molar-refractivity contribution in [2.24, 2.45) is 5.41 Å². The number of allylic oxidation sites excluding steroid dienone is 2. The van der Waals surface area contributed by atoms with Crippen molar-refractivity contribution in [3.63, 3.8) is 0 Å². The normalized spacial score (nSPS) is 17.0. The molecule has 1 aliphatic rings. The van der Waals surface area contributed by atoms with Gasteiger partial charge in [-0.3, -0.25) is 9.59 Å².